The Morgan fingerprint density at radius 3 is 1.67 bits per heavy atom. The first-order valence-corrected chi connectivity index (χ1v) is 12.4. The second-order valence-corrected chi connectivity index (χ2v) is 12.1. The Labute approximate surface area is 134 Å². The fourth-order valence-corrected chi connectivity index (χ4v) is 3.24. The van der Waals surface area contributed by atoms with Crippen molar-refractivity contribution < 1.29 is 9.22 Å². The lowest BCUT2D eigenvalue weighted by Gasteiger charge is -2.17. The predicted octanol–water partition coefficient (Wildman–Crippen LogP) is 6.31. The minimum absolute atomic E-state index is 0.0133. The number of hydrogen-bond donors (Lipinski definition) is 0. The number of rotatable bonds is 13. The molecule has 0 rings (SSSR count). The number of carbonyl (C=O) groups is 1. The molecule has 21 heavy (non-hydrogen) atoms. The van der Waals surface area contributed by atoms with Crippen LogP contribution in [0, 0.1) is 5.92 Å². The average molecular weight is 315 g/mol. The lowest BCUT2D eigenvalue weighted by Crippen LogP contribution is -2.28. The minimum atomic E-state index is -1.67. The molecule has 0 unspecified atom stereocenters. The molecule has 0 aliphatic carbocycles. The van der Waals surface area contributed by atoms with E-state index in [-0.39, 0.29) is 5.97 Å². The third-order valence-corrected chi connectivity index (χ3v) is 4.42. The molecule has 0 heterocycles. The van der Waals surface area contributed by atoms with Crippen LogP contribution in [0.4, 0.5) is 0 Å². The molecule has 0 spiro atoms. The molecule has 0 aromatic carbocycles. The van der Waals surface area contributed by atoms with Gasteiger partial charge in [0.05, 0.1) is 0 Å². The third-order valence-electron chi connectivity index (χ3n) is 3.58. The highest BCUT2D eigenvalue weighted by Gasteiger charge is 2.19. The maximum atomic E-state index is 11.6. The Balaban J connectivity index is 3.21. The first-order valence-electron chi connectivity index (χ1n) is 9.03. The van der Waals surface area contributed by atoms with Gasteiger partial charge in [0.25, 0.3) is 5.97 Å². The average Bonchev–Trinajstić information content (AvgIpc) is 2.33. The molecule has 0 aliphatic rings. The lowest BCUT2D eigenvalue weighted by atomic mass is 10.0. The SMILES string of the molecule is CC(C)CCCCCCCCCCCC(=O)O[Si](C)(C)C. The van der Waals surface area contributed by atoms with Crippen LogP contribution in [-0.4, -0.2) is 14.3 Å². The van der Waals surface area contributed by atoms with Crippen LogP contribution in [0.25, 0.3) is 0 Å². The second kappa shape index (κ2) is 12.3. The van der Waals surface area contributed by atoms with E-state index in [1.54, 1.807) is 0 Å². The standard InChI is InChI=1S/C18H38O2Si/c1-17(2)15-13-11-9-7-6-8-10-12-14-16-18(19)20-21(3,4)5/h17H,6-16H2,1-5H3. The summed E-state index contributed by atoms with van der Waals surface area (Å²) < 4.78 is 5.44. The Kier molecular flexibility index (Phi) is 12.1. The highest BCUT2D eigenvalue weighted by atomic mass is 28.4. The van der Waals surface area contributed by atoms with Gasteiger partial charge < -0.3 is 4.43 Å². The van der Waals surface area contributed by atoms with E-state index in [4.69, 9.17) is 4.43 Å². The van der Waals surface area contributed by atoms with Crippen molar-refractivity contribution in [3.63, 3.8) is 0 Å². The molecule has 0 atom stereocenters. The van der Waals surface area contributed by atoms with Gasteiger partial charge in [-0.15, -0.1) is 0 Å². The molecule has 0 aromatic heterocycles. The molecular formula is C18H38O2Si. The number of unbranched alkanes of at least 4 members (excludes halogenated alkanes) is 8. The van der Waals surface area contributed by atoms with Crippen LogP contribution in [0.2, 0.25) is 19.6 Å². The fourth-order valence-electron chi connectivity index (χ4n) is 2.45. The van der Waals surface area contributed by atoms with E-state index in [1.807, 2.05) is 0 Å². The van der Waals surface area contributed by atoms with E-state index in [1.165, 1.54) is 57.8 Å². The van der Waals surface area contributed by atoms with Gasteiger partial charge in [-0.2, -0.15) is 0 Å². The van der Waals surface area contributed by atoms with Gasteiger partial charge in [-0.1, -0.05) is 71.6 Å². The Morgan fingerprint density at radius 2 is 1.24 bits per heavy atom. The van der Waals surface area contributed by atoms with E-state index in [2.05, 4.69) is 33.5 Å². The van der Waals surface area contributed by atoms with E-state index in [0.717, 1.165) is 12.3 Å². The second-order valence-electron chi connectivity index (χ2n) is 7.70. The van der Waals surface area contributed by atoms with Crippen LogP contribution in [0.3, 0.4) is 0 Å². The van der Waals surface area contributed by atoms with Gasteiger partial charge in [0.2, 0.25) is 8.32 Å². The summed E-state index contributed by atoms with van der Waals surface area (Å²) in [4.78, 5) is 11.6. The summed E-state index contributed by atoms with van der Waals surface area (Å²) in [5.74, 6) is 0.872. The van der Waals surface area contributed by atoms with Gasteiger partial charge in [-0.05, 0) is 32.0 Å². The molecule has 3 heteroatoms. The van der Waals surface area contributed by atoms with E-state index in [9.17, 15) is 4.79 Å². The third kappa shape index (κ3) is 17.6. The Hall–Kier alpha value is -0.313. The number of carbonyl (C=O) groups excluding carboxylic acids is 1. The summed E-state index contributed by atoms with van der Waals surface area (Å²) in [7, 11) is -1.67. The van der Waals surface area contributed by atoms with Crippen LogP contribution >= 0.6 is 0 Å². The molecule has 126 valence electrons. The molecule has 2 nitrogen and oxygen atoms in total. The molecule has 0 saturated heterocycles. The zero-order valence-electron chi connectivity index (χ0n) is 15.2. The molecule has 0 amide bonds. The van der Waals surface area contributed by atoms with Crippen molar-refractivity contribution in [1.82, 2.24) is 0 Å². The Bertz CT molecular complexity index is 256. The quantitative estimate of drug-likeness (QED) is 0.294. The zero-order valence-corrected chi connectivity index (χ0v) is 16.2. The molecule has 0 N–H and O–H groups in total. The van der Waals surface area contributed by atoms with Crippen LogP contribution in [0.5, 0.6) is 0 Å². The van der Waals surface area contributed by atoms with Gasteiger partial charge in [0.1, 0.15) is 0 Å². The van der Waals surface area contributed by atoms with E-state index in [0.29, 0.717) is 6.42 Å². The summed E-state index contributed by atoms with van der Waals surface area (Å²) in [6.45, 7) is 10.8. The molecule has 0 aromatic rings. The molecule has 0 saturated carbocycles. The first kappa shape index (κ1) is 20.7. The van der Waals surface area contributed by atoms with Crippen molar-refractivity contribution in [2.45, 2.75) is 104 Å². The van der Waals surface area contributed by atoms with Crippen molar-refractivity contribution >= 4 is 14.3 Å². The van der Waals surface area contributed by atoms with Gasteiger partial charge in [0, 0.05) is 6.42 Å². The largest absolute Gasteiger partial charge is 0.520 e. The van der Waals surface area contributed by atoms with Gasteiger partial charge in [-0.3, -0.25) is 4.79 Å². The first-order chi connectivity index (χ1) is 9.81. The summed E-state index contributed by atoms with van der Waals surface area (Å²) in [5, 5.41) is 0. The van der Waals surface area contributed by atoms with E-state index >= 15 is 0 Å². The van der Waals surface area contributed by atoms with Gasteiger partial charge in [-0.25, -0.2) is 0 Å². The summed E-state index contributed by atoms with van der Waals surface area (Å²) in [6.07, 6.45) is 13.7. The molecule has 0 bridgehead atoms. The smallest absolute Gasteiger partial charge is 0.292 e. The van der Waals surface area contributed by atoms with Crippen molar-refractivity contribution in [3.8, 4) is 0 Å². The number of hydrogen-bond acceptors (Lipinski definition) is 2. The summed E-state index contributed by atoms with van der Waals surface area (Å²) in [5.41, 5.74) is 0. The highest BCUT2D eigenvalue weighted by Crippen LogP contribution is 2.14. The van der Waals surface area contributed by atoms with E-state index < -0.39 is 8.32 Å². The fraction of sp³-hybridized carbons (Fsp3) is 0.944. The maximum absolute atomic E-state index is 11.6. The highest BCUT2D eigenvalue weighted by molar-refractivity contribution is 6.71. The minimum Gasteiger partial charge on any atom is -0.520 e. The maximum Gasteiger partial charge on any atom is 0.292 e. The van der Waals surface area contributed by atoms with Crippen molar-refractivity contribution in [2.75, 3.05) is 0 Å². The monoisotopic (exact) mass is 314 g/mol. The van der Waals surface area contributed by atoms with Crippen LogP contribution in [0.1, 0.15) is 84.5 Å². The summed E-state index contributed by atoms with van der Waals surface area (Å²) in [6, 6.07) is 0. The predicted molar refractivity (Wildman–Crippen MR) is 95.1 cm³/mol. The summed E-state index contributed by atoms with van der Waals surface area (Å²) >= 11 is 0. The Morgan fingerprint density at radius 1 is 0.810 bits per heavy atom. The lowest BCUT2D eigenvalue weighted by molar-refractivity contribution is -0.135. The molecular weight excluding hydrogens is 276 g/mol. The zero-order chi connectivity index (χ0) is 16.1. The van der Waals surface area contributed by atoms with Gasteiger partial charge >= 0.3 is 0 Å². The molecule has 0 aliphatic heterocycles. The molecule has 0 radical (unpaired) electrons. The normalized spacial score (nSPS) is 11.9. The van der Waals surface area contributed by atoms with Crippen molar-refractivity contribution in [3.05, 3.63) is 0 Å². The van der Waals surface area contributed by atoms with Crippen LogP contribution in [-0.2, 0) is 9.22 Å². The topological polar surface area (TPSA) is 26.3 Å². The molecule has 0 fully saturated rings. The van der Waals surface area contributed by atoms with Crippen molar-refractivity contribution in [2.24, 2.45) is 5.92 Å². The van der Waals surface area contributed by atoms with Gasteiger partial charge in [0.15, 0.2) is 0 Å². The van der Waals surface area contributed by atoms with Crippen molar-refractivity contribution in [1.29, 1.82) is 0 Å². The van der Waals surface area contributed by atoms with Crippen LogP contribution in [0.15, 0.2) is 0 Å². The van der Waals surface area contributed by atoms with Crippen LogP contribution < -0.4 is 0 Å².